The normalized spacial score (nSPS) is 11.8. The van der Waals surface area contributed by atoms with E-state index in [1.54, 1.807) is 18.2 Å². The summed E-state index contributed by atoms with van der Waals surface area (Å²) in [5, 5.41) is 0. The molecule has 21 heavy (non-hydrogen) atoms. The number of benzene rings is 1. The quantitative estimate of drug-likeness (QED) is 0.514. The first-order valence-electron chi connectivity index (χ1n) is 7.49. The van der Waals surface area contributed by atoms with Crippen LogP contribution in [-0.2, 0) is 4.79 Å². The lowest BCUT2D eigenvalue weighted by atomic mass is 9.96. The second kappa shape index (κ2) is 8.45. The second-order valence-corrected chi connectivity index (χ2v) is 4.87. The highest BCUT2D eigenvalue weighted by atomic mass is 16.5. The molecule has 0 spiro atoms. The SMILES string of the molecule is CCOc1cccc(OCC)c1C(=O)CC(=O)C(C)CC. The van der Waals surface area contributed by atoms with Crippen LogP contribution in [0.15, 0.2) is 18.2 Å². The highest BCUT2D eigenvalue weighted by Crippen LogP contribution is 2.30. The number of hydrogen-bond acceptors (Lipinski definition) is 4. The monoisotopic (exact) mass is 292 g/mol. The Kier molecular flexibility index (Phi) is 6.92. The van der Waals surface area contributed by atoms with Gasteiger partial charge in [0, 0.05) is 5.92 Å². The largest absolute Gasteiger partial charge is 0.493 e. The summed E-state index contributed by atoms with van der Waals surface area (Å²) in [4.78, 5) is 24.5. The Balaban J connectivity index is 3.07. The fourth-order valence-electron chi connectivity index (χ4n) is 1.99. The van der Waals surface area contributed by atoms with E-state index < -0.39 is 0 Å². The van der Waals surface area contributed by atoms with Gasteiger partial charge in [0.05, 0.1) is 19.6 Å². The van der Waals surface area contributed by atoms with Crippen LogP contribution in [0.1, 0.15) is 50.9 Å². The van der Waals surface area contributed by atoms with Gasteiger partial charge in [-0.05, 0) is 32.4 Å². The zero-order chi connectivity index (χ0) is 15.8. The summed E-state index contributed by atoms with van der Waals surface area (Å²) in [6.07, 6.45) is 0.622. The highest BCUT2D eigenvalue weighted by molar-refractivity contribution is 6.11. The van der Waals surface area contributed by atoms with Gasteiger partial charge in [0.25, 0.3) is 0 Å². The molecule has 0 saturated heterocycles. The number of ether oxygens (including phenoxy) is 2. The van der Waals surface area contributed by atoms with Crippen molar-refractivity contribution in [1.29, 1.82) is 0 Å². The number of Topliss-reactive ketones (excluding diaryl/α,β-unsaturated/α-hetero) is 2. The Hall–Kier alpha value is -1.84. The average Bonchev–Trinajstić information content (AvgIpc) is 2.47. The Labute approximate surface area is 126 Å². The van der Waals surface area contributed by atoms with Crippen molar-refractivity contribution < 1.29 is 19.1 Å². The van der Waals surface area contributed by atoms with Gasteiger partial charge in [0.2, 0.25) is 0 Å². The molecule has 0 bridgehead atoms. The van der Waals surface area contributed by atoms with Gasteiger partial charge < -0.3 is 9.47 Å². The molecular weight excluding hydrogens is 268 g/mol. The molecule has 1 rings (SSSR count). The Morgan fingerprint density at radius 3 is 2.00 bits per heavy atom. The van der Waals surface area contributed by atoms with Gasteiger partial charge in [-0.15, -0.1) is 0 Å². The van der Waals surface area contributed by atoms with Crippen molar-refractivity contribution in [2.24, 2.45) is 5.92 Å². The van der Waals surface area contributed by atoms with E-state index in [9.17, 15) is 9.59 Å². The van der Waals surface area contributed by atoms with Crippen LogP contribution >= 0.6 is 0 Å². The Bertz CT molecular complexity index is 469. The molecule has 1 aromatic rings. The first-order chi connectivity index (χ1) is 10.0. The first kappa shape index (κ1) is 17.2. The topological polar surface area (TPSA) is 52.6 Å². The summed E-state index contributed by atoms with van der Waals surface area (Å²) in [7, 11) is 0. The van der Waals surface area contributed by atoms with Crippen LogP contribution in [0.25, 0.3) is 0 Å². The van der Waals surface area contributed by atoms with E-state index in [0.29, 0.717) is 30.3 Å². The minimum atomic E-state index is -0.243. The maximum atomic E-state index is 12.5. The summed E-state index contributed by atoms with van der Waals surface area (Å²) in [5.74, 6) is 0.559. The van der Waals surface area contributed by atoms with Crippen LogP contribution in [0.3, 0.4) is 0 Å². The van der Waals surface area contributed by atoms with Crippen molar-refractivity contribution in [3.05, 3.63) is 23.8 Å². The highest BCUT2D eigenvalue weighted by Gasteiger charge is 2.23. The number of carbonyl (C=O) groups is 2. The number of rotatable bonds is 9. The van der Waals surface area contributed by atoms with Crippen molar-refractivity contribution in [2.45, 2.75) is 40.5 Å². The molecule has 0 aromatic heterocycles. The summed E-state index contributed by atoms with van der Waals surface area (Å²) >= 11 is 0. The van der Waals surface area contributed by atoms with Crippen molar-refractivity contribution in [2.75, 3.05) is 13.2 Å². The summed E-state index contributed by atoms with van der Waals surface area (Å²) in [6.45, 7) is 8.39. The molecule has 0 N–H and O–H groups in total. The standard InChI is InChI=1S/C17H24O4/c1-5-12(4)13(18)11-14(19)17-15(20-6-2)9-8-10-16(17)21-7-3/h8-10,12H,5-7,11H2,1-4H3. The van der Waals surface area contributed by atoms with Crippen LogP contribution in [0.4, 0.5) is 0 Å². The van der Waals surface area contributed by atoms with Gasteiger partial charge in [-0.2, -0.15) is 0 Å². The molecule has 1 atom stereocenters. The van der Waals surface area contributed by atoms with E-state index >= 15 is 0 Å². The minimum absolute atomic E-state index is 0.0451. The molecule has 0 amide bonds. The lowest BCUT2D eigenvalue weighted by Gasteiger charge is -2.14. The lowest BCUT2D eigenvalue weighted by Crippen LogP contribution is -2.17. The first-order valence-corrected chi connectivity index (χ1v) is 7.49. The minimum Gasteiger partial charge on any atom is -0.493 e. The summed E-state index contributed by atoms with van der Waals surface area (Å²) < 4.78 is 11.0. The number of hydrogen-bond donors (Lipinski definition) is 0. The van der Waals surface area contributed by atoms with Crippen LogP contribution in [0, 0.1) is 5.92 Å². The van der Waals surface area contributed by atoms with Gasteiger partial charge in [-0.3, -0.25) is 9.59 Å². The number of ketones is 2. The molecule has 0 aliphatic carbocycles. The molecule has 0 aliphatic heterocycles. The van der Waals surface area contributed by atoms with Crippen molar-refractivity contribution >= 4 is 11.6 Å². The second-order valence-electron chi connectivity index (χ2n) is 4.87. The van der Waals surface area contributed by atoms with Crippen LogP contribution < -0.4 is 9.47 Å². The molecule has 4 nitrogen and oxygen atoms in total. The molecule has 1 aromatic carbocycles. The van der Waals surface area contributed by atoms with Gasteiger partial charge >= 0.3 is 0 Å². The molecule has 1 unspecified atom stereocenters. The predicted octanol–water partition coefficient (Wildman–Crippen LogP) is 3.67. The van der Waals surface area contributed by atoms with E-state index in [0.717, 1.165) is 6.42 Å². The molecule has 0 aliphatic rings. The zero-order valence-corrected chi connectivity index (χ0v) is 13.3. The maximum absolute atomic E-state index is 12.5. The van der Waals surface area contributed by atoms with Crippen LogP contribution in [0.5, 0.6) is 11.5 Å². The van der Waals surface area contributed by atoms with Crippen molar-refractivity contribution in [1.82, 2.24) is 0 Å². The van der Waals surface area contributed by atoms with E-state index in [1.807, 2.05) is 27.7 Å². The predicted molar refractivity (Wildman–Crippen MR) is 82.2 cm³/mol. The fourth-order valence-corrected chi connectivity index (χ4v) is 1.99. The Morgan fingerprint density at radius 1 is 1.05 bits per heavy atom. The van der Waals surface area contributed by atoms with Crippen molar-refractivity contribution in [3.63, 3.8) is 0 Å². The summed E-state index contributed by atoms with van der Waals surface area (Å²) in [6, 6.07) is 5.24. The third-order valence-corrected chi connectivity index (χ3v) is 3.36. The van der Waals surface area contributed by atoms with Crippen LogP contribution in [0.2, 0.25) is 0 Å². The molecule has 0 heterocycles. The molecule has 0 fully saturated rings. The van der Waals surface area contributed by atoms with Gasteiger partial charge in [-0.25, -0.2) is 0 Å². The molecule has 116 valence electrons. The average molecular weight is 292 g/mol. The van der Waals surface area contributed by atoms with Crippen molar-refractivity contribution in [3.8, 4) is 11.5 Å². The van der Waals surface area contributed by atoms with Gasteiger partial charge in [0.1, 0.15) is 22.8 Å². The number of carbonyl (C=O) groups excluding carboxylic acids is 2. The van der Waals surface area contributed by atoms with E-state index in [-0.39, 0.29) is 23.9 Å². The van der Waals surface area contributed by atoms with E-state index in [4.69, 9.17) is 9.47 Å². The van der Waals surface area contributed by atoms with Crippen LogP contribution in [-0.4, -0.2) is 24.8 Å². The summed E-state index contributed by atoms with van der Waals surface area (Å²) in [5.41, 5.74) is 0.373. The molecule has 4 heteroatoms. The molecule has 0 radical (unpaired) electrons. The van der Waals surface area contributed by atoms with Gasteiger partial charge in [0.15, 0.2) is 5.78 Å². The third-order valence-electron chi connectivity index (χ3n) is 3.36. The smallest absolute Gasteiger partial charge is 0.177 e. The maximum Gasteiger partial charge on any atom is 0.177 e. The van der Waals surface area contributed by atoms with E-state index in [2.05, 4.69) is 0 Å². The molecule has 0 saturated carbocycles. The van der Waals surface area contributed by atoms with E-state index in [1.165, 1.54) is 0 Å². The van der Waals surface area contributed by atoms with Gasteiger partial charge in [-0.1, -0.05) is 19.9 Å². The zero-order valence-electron chi connectivity index (χ0n) is 13.3. The molecular formula is C17H24O4. The Morgan fingerprint density at radius 2 is 1.57 bits per heavy atom. The fraction of sp³-hybridized carbons (Fsp3) is 0.529. The third kappa shape index (κ3) is 4.59. The lowest BCUT2D eigenvalue weighted by molar-refractivity contribution is -0.121.